The number of nitrogens with one attached hydrogen (secondary N) is 1. The number of hydrogen-bond acceptors (Lipinski definition) is 3. The molecule has 0 radical (unpaired) electrons. The minimum absolute atomic E-state index is 0.480. The quantitative estimate of drug-likeness (QED) is 0.751. The number of halogens is 1. The number of nitrogens with zero attached hydrogens (tertiary/aromatic N) is 2. The Morgan fingerprint density at radius 2 is 2.36 bits per heavy atom. The van der Waals surface area contributed by atoms with Gasteiger partial charge in [-0.25, -0.2) is 4.98 Å². The first kappa shape index (κ1) is 9.37. The Morgan fingerprint density at radius 1 is 1.57 bits per heavy atom. The third-order valence-corrected chi connectivity index (χ3v) is 2.61. The lowest BCUT2D eigenvalue weighted by Crippen LogP contribution is -2.08. The molecule has 0 amide bonds. The normalized spacial score (nSPS) is 24.8. The first-order valence-corrected chi connectivity index (χ1v) is 4.96. The molecule has 1 aromatic rings. The Balaban J connectivity index is 2.03. The van der Waals surface area contributed by atoms with Gasteiger partial charge in [0.1, 0.15) is 5.82 Å². The molecule has 0 spiro atoms. The fourth-order valence-electron chi connectivity index (χ4n) is 1.67. The number of hydrogen-bond donors (Lipinski definition) is 1. The van der Waals surface area contributed by atoms with Gasteiger partial charge in [0.2, 0.25) is 0 Å². The van der Waals surface area contributed by atoms with Crippen molar-refractivity contribution in [3.05, 3.63) is 17.8 Å². The van der Waals surface area contributed by atoms with E-state index in [4.69, 9.17) is 0 Å². The number of anilines is 1. The van der Waals surface area contributed by atoms with Crippen LogP contribution in [0.15, 0.2) is 6.07 Å². The van der Waals surface area contributed by atoms with E-state index in [1.807, 2.05) is 0 Å². The molecule has 1 N–H and O–H groups in total. The van der Waals surface area contributed by atoms with E-state index in [0.29, 0.717) is 17.6 Å². The van der Waals surface area contributed by atoms with E-state index in [1.54, 1.807) is 13.0 Å². The summed E-state index contributed by atoms with van der Waals surface area (Å²) in [4.78, 5) is 7.28. The van der Waals surface area contributed by atoms with Crippen molar-refractivity contribution in [2.24, 2.45) is 5.92 Å². The lowest BCUT2D eigenvalue weighted by atomic mass is 10.3. The van der Waals surface area contributed by atoms with Gasteiger partial charge in [0.15, 0.2) is 0 Å². The molecule has 1 aromatic heterocycles. The summed E-state index contributed by atoms with van der Waals surface area (Å²) in [5.74, 6) is 1.34. The first-order valence-electron chi connectivity index (χ1n) is 4.96. The van der Waals surface area contributed by atoms with Crippen LogP contribution in [0.5, 0.6) is 0 Å². The van der Waals surface area contributed by atoms with Crippen LogP contribution in [-0.2, 0) is 0 Å². The fourth-order valence-corrected chi connectivity index (χ4v) is 1.67. The predicted octanol–water partition coefficient (Wildman–Crippen LogP) is 2.13. The second-order valence-corrected chi connectivity index (χ2v) is 3.82. The molecule has 0 aliphatic heterocycles. The summed E-state index contributed by atoms with van der Waals surface area (Å²) in [6, 6.07) is 2.25. The summed E-state index contributed by atoms with van der Waals surface area (Å²) < 4.78 is 12.8. The zero-order valence-electron chi connectivity index (χ0n) is 8.42. The van der Waals surface area contributed by atoms with Gasteiger partial charge in [0, 0.05) is 17.8 Å². The predicted molar refractivity (Wildman–Crippen MR) is 52.5 cm³/mol. The molecule has 0 bridgehead atoms. The molecule has 1 heterocycles. The van der Waals surface area contributed by atoms with Crippen molar-refractivity contribution < 1.29 is 4.39 Å². The Kier molecular flexibility index (Phi) is 2.35. The van der Waals surface area contributed by atoms with Crippen LogP contribution in [-0.4, -0.2) is 16.0 Å². The van der Waals surface area contributed by atoms with Crippen LogP contribution in [0.1, 0.15) is 25.5 Å². The van der Waals surface area contributed by atoms with E-state index >= 15 is 0 Å². The Labute approximate surface area is 82.8 Å². The van der Waals surface area contributed by atoms with Crippen molar-refractivity contribution in [3.63, 3.8) is 0 Å². The SMILES string of the molecule is CCC1CC1Nc1cc(C)nc(F)n1. The van der Waals surface area contributed by atoms with E-state index in [9.17, 15) is 4.39 Å². The molecule has 1 saturated carbocycles. The number of aryl methyl sites for hydroxylation is 1. The van der Waals surface area contributed by atoms with Crippen molar-refractivity contribution in [1.82, 2.24) is 9.97 Å². The largest absolute Gasteiger partial charge is 0.367 e. The highest BCUT2D eigenvalue weighted by molar-refractivity contribution is 5.37. The molecular weight excluding hydrogens is 181 g/mol. The minimum Gasteiger partial charge on any atom is -0.367 e. The van der Waals surface area contributed by atoms with Crippen LogP contribution >= 0.6 is 0 Å². The van der Waals surface area contributed by atoms with Gasteiger partial charge in [-0.1, -0.05) is 13.3 Å². The molecule has 2 unspecified atom stereocenters. The van der Waals surface area contributed by atoms with E-state index < -0.39 is 6.08 Å². The van der Waals surface area contributed by atoms with Gasteiger partial charge < -0.3 is 5.32 Å². The molecular formula is C10H14FN3. The summed E-state index contributed by atoms with van der Waals surface area (Å²) in [6.45, 7) is 3.93. The second-order valence-electron chi connectivity index (χ2n) is 3.82. The van der Waals surface area contributed by atoms with E-state index in [0.717, 1.165) is 5.92 Å². The van der Waals surface area contributed by atoms with Gasteiger partial charge in [0.25, 0.3) is 0 Å². The number of rotatable bonds is 3. The maximum atomic E-state index is 12.8. The third-order valence-electron chi connectivity index (χ3n) is 2.61. The van der Waals surface area contributed by atoms with Gasteiger partial charge in [-0.15, -0.1) is 0 Å². The van der Waals surface area contributed by atoms with Crippen molar-refractivity contribution in [2.45, 2.75) is 32.7 Å². The van der Waals surface area contributed by atoms with Gasteiger partial charge >= 0.3 is 6.08 Å². The van der Waals surface area contributed by atoms with Crippen LogP contribution in [0.25, 0.3) is 0 Å². The topological polar surface area (TPSA) is 37.8 Å². The maximum Gasteiger partial charge on any atom is 0.310 e. The molecule has 0 aromatic carbocycles. The molecule has 0 saturated heterocycles. The van der Waals surface area contributed by atoms with Crippen LogP contribution in [0.3, 0.4) is 0 Å². The molecule has 4 heteroatoms. The summed E-state index contributed by atoms with van der Waals surface area (Å²) >= 11 is 0. The summed E-state index contributed by atoms with van der Waals surface area (Å²) in [5, 5.41) is 3.21. The fraction of sp³-hybridized carbons (Fsp3) is 0.600. The molecule has 1 aliphatic rings. The molecule has 1 aliphatic carbocycles. The van der Waals surface area contributed by atoms with Crippen molar-refractivity contribution in [2.75, 3.05) is 5.32 Å². The summed E-state index contributed by atoms with van der Waals surface area (Å²) in [7, 11) is 0. The van der Waals surface area contributed by atoms with E-state index in [2.05, 4.69) is 22.2 Å². The summed E-state index contributed by atoms with van der Waals surface area (Å²) in [5.41, 5.74) is 0.661. The Bertz CT molecular complexity index is 320. The van der Waals surface area contributed by atoms with Crippen molar-refractivity contribution in [1.29, 1.82) is 0 Å². The first-order chi connectivity index (χ1) is 6.69. The summed E-state index contributed by atoms with van der Waals surface area (Å²) in [6.07, 6.45) is 1.69. The Hall–Kier alpha value is -1.19. The Morgan fingerprint density at radius 3 is 2.93 bits per heavy atom. The lowest BCUT2D eigenvalue weighted by Gasteiger charge is -2.04. The van der Waals surface area contributed by atoms with Gasteiger partial charge in [-0.05, 0) is 19.3 Å². The highest BCUT2D eigenvalue weighted by Gasteiger charge is 2.35. The van der Waals surface area contributed by atoms with Crippen molar-refractivity contribution in [3.8, 4) is 0 Å². The van der Waals surface area contributed by atoms with Crippen LogP contribution < -0.4 is 5.32 Å². The second kappa shape index (κ2) is 3.52. The van der Waals surface area contributed by atoms with Gasteiger partial charge in [-0.2, -0.15) is 9.37 Å². The van der Waals surface area contributed by atoms with Crippen LogP contribution in [0.4, 0.5) is 10.2 Å². The monoisotopic (exact) mass is 195 g/mol. The zero-order valence-corrected chi connectivity index (χ0v) is 8.42. The maximum absolute atomic E-state index is 12.8. The molecule has 14 heavy (non-hydrogen) atoms. The molecule has 3 nitrogen and oxygen atoms in total. The van der Waals surface area contributed by atoms with Crippen LogP contribution in [0, 0.1) is 18.9 Å². The molecule has 2 atom stereocenters. The molecule has 2 rings (SSSR count). The number of aromatic nitrogens is 2. The standard InChI is InChI=1S/C10H14FN3/c1-3-7-5-8(7)13-9-4-6(2)12-10(11)14-9/h4,7-8H,3,5H2,1-2H3,(H,12,13,14). The third kappa shape index (κ3) is 2.00. The smallest absolute Gasteiger partial charge is 0.310 e. The van der Waals surface area contributed by atoms with Crippen LogP contribution in [0.2, 0.25) is 0 Å². The highest BCUT2D eigenvalue weighted by atomic mass is 19.1. The minimum atomic E-state index is -0.652. The van der Waals surface area contributed by atoms with Crippen molar-refractivity contribution >= 4 is 5.82 Å². The molecule has 1 fully saturated rings. The van der Waals surface area contributed by atoms with E-state index in [-0.39, 0.29) is 0 Å². The van der Waals surface area contributed by atoms with E-state index in [1.165, 1.54) is 12.8 Å². The average Bonchev–Trinajstić information content (AvgIpc) is 2.81. The van der Waals surface area contributed by atoms with Gasteiger partial charge in [0.05, 0.1) is 0 Å². The lowest BCUT2D eigenvalue weighted by molar-refractivity contribution is 0.536. The van der Waals surface area contributed by atoms with Gasteiger partial charge in [-0.3, -0.25) is 0 Å². The molecule has 76 valence electrons. The zero-order chi connectivity index (χ0) is 10.1. The average molecular weight is 195 g/mol. The highest BCUT2D eigenvalue weighted by Crippen LogP contribution is 2.35.